The molecule has 0 aliphatic rings. The van der Waals surface area contributed by atoms with Crippen LogP contribution in [0.4, 0.5) is 0 Å². The number of halogens is 2. The summed E-state index contributed by atoms with van der Waals surface area (Å²) in [5, 5.41) is 11.2. The van der Waals surface area contributed by atoms with E-state index in [1.54, 1.807) is 36.0 Å². The van der Waals surface area contributed by atoms with E-state index < -0.39 is 12.1 Å². The van der Waals surface area contributed by atoms with Crippen molar-refractivity contribution in [3.8, 4) is 5.75 Å². The minimum Gasteiger partial charge on any atom is -0.489 e. The van der Waals surface area contributed by atoms with E-state index >= 15 is 0 Å². The van der Waals surface area contributed by atoms with Crippen LogP contribution in [0.25, 0.3) is 0 Å². The van der Waals surface area contributed by atoms with Crippen molar-refractivity contribution >= 4 is 40.7 Å². The van der Waals surface area contributed by atoms with Gasteiger partial charge in [-0.25, -0.2) is 0 Å². The fraction of sp³-hybridized carbons (Fsp3) is 0.167. The summed E-state index contributed by atoms with van der Waals surface area (Å²) in [5.41, 5.74) is 8.21. The number of aryl methyl sites for hydroxylation is 1. The van der Waals surface area contributed by atoms with Crippen molar-refractivity contribution in [1.29, 1.82) is 0 Å². The number of hydrogen-bond donors (Lipinski definition) is 2. The SMILES string of the molecule is NC(O)C(CCc1ccc(Sc2cccc(OCc3ccccc3)c2)cc1Cl)C(=O)c1ccc(Cl)cc1. The third kappa shape index (κ3) is 7.84. The molecule has 4 aromatic rings. The molecule has 3 N–H and O–H groups in total. The fourth-order valence-electron chi connectivity index (χ4n) is 3.89. The molecule has 0 bridgehead atoms. The molecule has 0 aliphatic carbocycles. The topological polar surface area (TPSA) is 72.6 Å². The fourth-order valence-corrected chi connectivity index (χ4v) is 5.27. The number of Topliss-reactive ketones (excluding diaryl/α,β-unsaturated/α-hetero) is 1. The van der Waals surface area contributed by atoms with Crippen LogP contribution in [-0.2, 0) is 13.0 Å². The van der Waals surface area contributed by atoms with Crippen LogP contribution in [0, 0.1) is 5.92 Å². The van der Waals surface area contributed by atoms with Gasteiger partial charge in [0, 0.05) is 25.4 Å². The first-order valence-corrected chi connectivity index (χ1v) is 13.4. The molecule has 0 saturated carbocycles. The highest BCUT2D eigenvalue weighted by Gasteiger charge is 2.25. The van der Waals surface area contributed by atoms with Crippen molar-refractivity contribution in [3.05, 3.63) is 124 Å². The lowest BCUT2D eigenvalue weighted by Gasteiger charge is -2.19. The second kappa shape index (κ2) is 13.1. The van der Waals surface area contributed by atoms with Gasteiger partial charge in [-0.2, -0.15) is 0 Å². The highest BCUT2D eigenvalue weighted by molar-refractivity contribution is 7.99. The Bertz CT molecular complexity index is 1330. The van der Waals surface area contributed by atoms with E-state index in [9.17, 15) is 9.90 Å². The van der Waals surface area contributed by atoms with Crippen LogP contribution in [0.1, 0.15) is 27.9 Å². The standard InChI is InChI=1S/C30H27Cl2NO3S/c31-23-13-9-22(10-14-23)29(34)27(30(33)35)16-12-21-11-15-26(18-28(21)32)37-25-8-4-7-24(17-25)36-19-20-5-2-1-3-6-20/h1-11,13-15,17-18,27,30,35H,12,16,19,33H2. The predicted molar refractivity (Wildman–Crippen MR) is 151 cm³/mol. The summed E-state index contributed by atoms with van der Waals surface area (Å²) < 4.78 is 5.94. The molecule has 0 fully saturated rings. The van der Waals surface area contributed by atoms with Gasteiger partial charge in [-0.15, -0.1) is 0 Å². The maximum absolute atomic E-state index is 12.9. The molecule has 0 spiro atoms. The first-order chi connectivity index (χ1) is 17.9. The number of aliphatic hydroxyl groups is 1. The van der Waals surface area contributed by atoms with Crippen molar-refractivity contribution < 1.29 is 14.6 Å². The Hall–Kier alpha value is -2.80. The summed E-state index contributed by atoms with van der Waals surface area (Å²) in [7, 11) is 0. The molecule has 0 heterocycles. The number of aliphatic hydroxyl groups excluding tert-OH is 1. The van der Waals surface area contributed by atoms with Crippen LogP contribution < -0.4 is 10.5 Å². The second-order valence-electron chi connectivity index (χ2n) is 8.61. The van der Waals surface area contributed by atoms with Gasteiger partial charge >= 0.3 is 0 Å². The number of hydrogen-bond acceptors (Lipinski definition) is 5. The number of benzene rings is 4. The minimum atomic E-state index is -1.27. The molecule has 4 nitrogen and oxygen atoms in total. The first kappa shape index (κ1) is 27.2. The second-order valence-corrected chi connectivity index (χ2v) is 10.6. The average molecular weight is 553 g/mol. The number of carbonyl (C=O) groups is 1. The zero-order valence-corrected chi connectivity index (χ0v) is 22.3. The predicted octanol–water partition coefficient (Wildman–Crippen LogP) is 7.43. The molecule has 37 heavy (non-hydrogen) atoms. The Morgan fingerprint density at radius 2 is 1.62 bits per heavy atom. The van der Waals surface area contributed by atoms with Gasteiger partial charge in [0.05, 0.1) is 5.92 Å². The molecule has 2 atom stereocenters. The Morgan fingerprint density at radius 3 is 2.32 bits per heavy atom. The van der Waals surface area contributed by atoms with Gasteiger partial charge in [0.25, 0.3) is 0 Å². The van der Waals surface area contributed by atoms with E-state index in [4.69, 9.17) is 33.7 Å². The number of ether oxygens (including phenoxy) is 1. The lowest BCUT2D eigenvalue weighted by atomic mass is 9.90. The van der Waals surface area contributed by atoms with E-state index in [1.807, 2.05) is 72.8 Å². The molecule has 190 valence electrons. The van der Waals surface area contributed by atoms with Crippen molar-refractivity contribution in [2.75, 3.05) is 0 Å². The van der Waals surface area contributed by atoms with E-state index in [-0.39, 0.29) is 5.78 Å². The number of rotatable bonds is 11. The first-order valence-electron chi connectivity index (χ1n) is 11.9. The molecular weight excluding hydrogens is 525 g/mol. The van der Waals surface area contributed by atoms with Gasteiger partial charge in [0.15, 0.2) is 5.78 Å². The van der Waals surface area contributed by atoms with Crippen LogP contribution in [0.2, 0.25) is 10.0 Å². The third-order valence-electron chi connectivity index (χ3n) is 5.92. The summed E-state index contributed by atoms with van der Waals surface area (Å²) in [6.07, 6.45) is -0.398. The maximum atomic E-state index is 12.9. The van der Waals surface area contributed by atoms with Gasteiger partial charge in [0.1, 0.15) is 18.6 Å². The van der Waals surface area contributed by atoms with Crippen LogP contribution in [0.5, 0.6) is 5.75 Å². The third-order valence-corrected chi connectivity index (χ3v) is 7.50. The summed E-state index contributed by atoms with van der Waals surface area (Å²) in [5.74, 6) is -0.164. The van der Waals surface area contributed by atoms with Gasteiger partial charge in [0.2, 0.25) is 0 Å². The molecular formula is C30H27Cl2NO3S. The van der Waals surface area contributed by atoms with Crippen LogP contribution >= 0.6 is 35.0 Å². The largest absolute Gasteiger partial charge is 0.489 e. The van der Waals surface area contributed by atoms with Gasteiger partial charge in [-0.05, 0) is 78.6 Å². The smallest absolute Gasteiger partial charge is 0.169 e. The summed E-state index contributed by atoms with van der Waals surface area (Å²) in [4.78, 5) is 14.9. The zero-order valence-electron chi connectivity index (χ0n) is 20.0. The molecule has 0 saturated heterocycles. The van der Waals surface area contributed by atoms with Crippen LogP contribution in [0.3, 0.4) is 0 Å². The minimum absolute atomic E-state index is 0.218. The molecule has 4 aromatic carbocycles. The monoisotopic (exact) mass is 551 g/mol. The summed E-state index contributed by atoms with van der Waals surface area (Å²) >= 11 is 14.1. The van der Waals surface area contributed by atoms with E-state index in [2.05, 4.69) is 0 Å². The number of carbonyl (C=O) groups excluding carboxylic acids is 1. The van der Waals surface area contributed by atoms with E-state index in [1.165, 1.54) is 0 Å². The highest BCUT2D eigenvalue weighted by atomic mass is 35.5. The maximum Gasteiger partial charge on any atom is 0.169 e. The van der Waals surface area contributed by atoms with Gasteiger partial charge in [-0.1, -0.05) is 77.4 Å². The van der Waals surface area contributed by atoms with Gasteiger partial charge in [-0.3, -0.25) is 4.79 Å². The molecule has 7 heteroatoms. The van der Waals surface area contributed by atoms with Crippen LogP contribution in [-0.4, -0.2) is 17.1 Å². The molecule has 2 unspecified atom stereocenters. The zero-order chi connectivity index (χ0) is 26.2. The van der Waals surface area contributed by atoms with E-state index in [0.717, 1.165) is 26.7 Å². The Labute approximate surface area is 231 Å². The summed E-state index contributed by atoms with van der Waals surface area (Å²) in [6.45, 7) is 0.508. The molecule has 0 aliphatic heterocycles. The quantitative estimate of drug-likeness (QED) is 0.150. The van der Waals surface area contributed by atoms with Crippen molar-refractivity contribution in [3.63, 3.8) is 0 Å². The molecule has 0 radical (unpaired) electrons. The summed E-state index contributed by atoms with van der Waals surface area (Å²) in [6, 6.07) is 30.4. The highest BCUT2D eigenvalue weighted by Crippen LogP contribution is 2.33. The normalized spacial score (nSPS) is 12.6. The van der Waals surface area contributed by atoms with Crippen LogP contribution in [0.15, 0.2) is 107 Å². The average Bonchev–Trinajstić information content (AvgIpc) is 2.89. The number of ketones is 1. The molecule has 0 aromatic heterocycles. The number of nitrogens with two attached hydrogens (primary N) is 1. The van der Waals surface area contributed by atoms with Crippen molar-refractivity contribution in [2.24, 2.45) is 11.7 Å². The van der Waals surface area contributed by atoms with E-state index in [0.29, 0.717) is 35.1 Å². The lowest BCUT2D eigenvalue weighted by molar-refractivity contribution is 0.0679. The Balaban J connectivity index is 1.37. The molecule has 4 rings (SSSR count). The lowest BCUT2D eigenvalue weighted by Crippen LogP contribution is -2.35. The van der Waals surface area contributed by atoms with Crippen molar-refractivity contribution in [2.45, 2.75) is 35.5 Å². The Morgan fingerprint density at radius 1 is 0.892 bits per heavy atom. The van der Waals surface area contributed by atoms with Crippen molar-refractivity contribution in [1.82, 2.24) is 0 Å². The Kier molecular flexibility index (Phi) is 9.67. The molecule has 0 amide bonds. The van der Waals surface area contributed by atoms with Gasteiger partial charge < -0.3 is 15.6 Å².